The molecule has 1 saturated heterocycles. The van der Waals surface area contributed by atoms with Crippen LogP contribution < -0.4 is 0 Å². The lowest BCUT2D eigenvalue weighted by Crippen LogP contribution is -2.53. The Kier molecular flexibility index (Phi) is 5.03. The predicted octanol–water partition coefficient (Wildman–Crippen LogP) is 5.62. The van der Waals surface area contributed by atoms with Crippen molar-refractivity contribution in [2.75, 3.05) is 0 Å². The average molecular weight is 410 g/mol. The van der Waals surface area contributed by atoms with Gasteiger partial charge in [-0.05, 0) is 69.4 Å². The quantitative estimate of drug-likeness (QED) is 0.615. The minimum atomic E-state index is -1.23. The van der Waals surface area contributed by atoms with E-state index in [0.717, 1.165) is 29.2 Å². The number of rotatable bonds is 4. The molecule has 2 fully saturated rings. The molecule has 2 aromatic rings. The van der Waals surface area contributed by atoms with Crippen LogP contribution in [-0.4, -0.2) is 34.6 Å². The summed E-state index contributed by atoms with van der Waals surface area (Å²) in [6.07, 6.45) is 1.22. The van der Waals surface area contributed by atoms with Crippen molar-refractivity contribution in [2.45, 2.75) is 77.7 Å². The standard InChI is InChI=1S/C25H31NO4/c1-16(2)26(17(3)4)23(28)30-25-14-8-13-24(25,5)21(29-22(25)27)20-12-11-18-9-6-7-10-19(18)15-20/h6-7,9-12,15-17,21H,8,13-14H2,1-5H3/t21-,24-,25-/m1/s1. The number of benzene rings is 2. The molecule has 0 unspecified atom stereocenters. The molecule has 4 rings (SSSR count). The lowest BCUT2D eigenvalue weighted by molar-refractivity contribution is -0.157. The van der Waals surface area contributed by atoms with Crippen LogP contribution >= 0.6 is 0 Å². The maximum atomic E-state index is 13.2. The zero-order valence-electron chi connectivity index (χ0n) is 18.5. The Balaban J connectivity index is 1.70. The first-order valence-corrected chi connectivity index (χ1v) is 10.9. The van der Waals surface area contributed by atoms with Gasteiger partial charge >= 0.3 is 12.1 Å². The fourth-order valence-electron chi connectivity index (χ4n) is 5.44. The van der Waals surface area contributed by atoms with Crippen molar-refractivity contribution in [3.05, 3.63) is 48.0 Å². The van der Waals surface area contributed by atoms with Crippen LogP contribution in [0.2, 0.25) is 0 Å². The van der Waals surface area contributed by atoms with E-state index in [9.17, 15) is 9.59 Å². The third-order valence-electron chi connectivity index (χ3n) is 6.94. The molecule has 0 N–H and O–H groups in total. The topological polar surface area (TPSA) is 55.8 Å². The van der Waals surface area contributed by atoms with Gasteiger partial charge < -0.3 is 14.4 Å². The summed E-state index contributed by atoms with van der Waals surface area (Å²) in [5, 5.41) is 2.25. The molecular weight excluding hydrogens is 378 g/mol. The number of cyclic esters (lactones) is 1. The molecule has 5 nitrogen and oxygen atoms in total. The Morgan fingerprint density at radius 2 is 1.73 bits per heavy atom. The fourth-order valence-corrected chi connectivity index (χ4v) is 5.44. The van der Waals surface area contributed by atoms with Crippen LogP contribution in [0.5, 0.6) is 0 Å². The summed E-state index contributed by atoms with van der Waals surface area (Å²) in [6.45, 7) is 9.86. The largest absolute Gasteiger partial charge is 0.454 e. The summed E-state index contributed by atoms with van der Waals surface area (Å²) in [5.41, 5.74) is -0.876. The smallest absolute Gasteiger partial charge is 0.411 e. The number of hydrogen-bond donors (Lipinski definition) is 0. The third-order valence-corrected chi connectivity index (χ3v) is 6.94. The average Bonchev–Trinajstić information content (AvgIpc) is 3.11. The molecule has 5 heteroatoms. The zero-order valence-corrected chi connectivity index (χ0v) is 18.5. The second-order valence-electron chi connectivity index (χ2n) is 9.45. The molecule has 30 heavy (non-hydrogen) atoms. The molecule has 1 saturated carbocycles. The third kappa shape index (κ3) is 2.98. The van der Waals surface area contributed by atoms with Gasteiger partial charge in [-0.15, -0.1) is 0 Å². The SMILES string of the molecule is CC(C)N(C(=O)O[C@@]12CCC[C@]1(C)[C@@H](c1ccc3ccccc3c1)OC2=O)C(C)C. The molecule has 160 valence electrons. The van der Waals surface area contributed by atoms with E-state index >= 15 is 0 Å². The van der Waals surface area contributed by atoms with Gasteiger partial charge in [0.2, 0.25) is 5.60 Å². The molecule has 0 bridgehead atoms. The van der Waals surface area contributed by atoms with Crippen molar-refractivity contribution < 1.29 is 19.1 Å². The highest BCUT2D eigenvalue weighted by Crippen LogP contribution is 2.62. The van der Waals surface area contributed by atoms with Crippen LogP contribution in [0.15, 0.2) is 42.5 Å². The van der Waals surface area contributed by atoms with E-state index in [2.05, 4.69) is 24.3 Å². The van der Waals surface area contributed by atoms with Crippen molar-refractivity contribution in [3.63, 3.8) is 0 Å². The van der Waals surface area contributed by atoms with Gasteiger partial charge in [0.05, 0.1) is 5.41 Å². The maximum Gasteiger partial charge on any atom is 0.411 e. The highest BCUT2D eigenvalue weighted by atomic mass is 16.6. The first-order chi connectivity index (χ1) is 14.2. The monoisotopic (exact) mass is 409 g/mol. The number of ether oxygens (including phenoxy) is 2. The Morgan fingerprint density at radius 3 is 2.40 bits per heavy atom. The van der Waals surface area contributed by atoms with Crippen LogP contribution in [0.4, 0.5) is 4.79 Å². The normalized spacial score (nSPS) is 28.1. The van der Waals surface area contributed by atoms with E-state index in [4.69, 9.17) is 9.47 Å². The lowest BCUT2D eigenvalue weighted by Gasteiger charge is -2.38. The van der Waals surface area contributed by atoms with Crippen molar-refractivity contribution in [2.24, 2.45) is 5.41 Å². The first-order valence-electron chi connectivity index (χ1n) is 10.9. The number of hydrogen-bond acceptors (Lipinski definition) is 4. The van der Waals surface area contributed by atoms with Crippen molar-refractivity contribution in [3.8, 4) is 0 Å². The van der Waals surface area contributed by atoms with Gasteiger partial charge in [-0.2, -0.15) is 0 Å². The van der Waals surface area contributed by atoms with E-state index in [0.29, 0.717) is 6.42 Å². The molecule has 2 aliphatic rings. The Hall–Kier alpha value is -2.56. The lowest BCUT2D eigenvalue weighted by atomic mass is 9.71. The van der Waals surface area contributed by atoms with E-state index < -0.39 is 29.2 Å². The summed E-state index contributed by atoms with van der Waals surface area (Å²) in [6, 6.07) is 14.3. The summed E-state index contributed by atoms with van der Waals surface area (Å²) in [4.78, 5) is 28.0. The van der Waals surface area contributed by atoms with Gasteiger partial charge in [0.25, 0.3) is 0 Å². The number of nitrogens with zero attached hydrogens (tertiary/aromatic N) is 1. The van der Waals surface area contributed by atoms with E-state index in [1.54, 1.807) is 4.90 Å². The number of amides is 1. The van der Waals surface area contributed by atoms with Crippen LogP contribution in [0, 0.1) is 5.41 Å². The molecule has 1 aliphatic heterocycles. The van der Waals surface area contributed by atoms with Crippen molar-refractivity contribution in [1.29, 1.82) is 0 Å². The number of carbonyl (C=O) groups excluding carboxylic acids is 2. The van der Waals surface area contributed by atoms with Crippen molar-refractivity contribution in [1.82, 2.24) is 4.90 Å². The molecule has 1 aliphatic carbocycles. The van der Waals surface area contributed by atoms with Crippen LogP contribution in [0.25, 0.3) is 10.8 Å². The summed E-state index contributed by atoms with van der Waals surface area (Å²) in [7, 11) is 0. The molecule has 1 amide bonds. The second kappa shape index (κ2) is 7.29. The van der Waals surface area contributed by atoms with Crippen LogP contribution in [0.3, 0.4) is 0 Å². The minimum absolute atomic E-state index is 0.0183. The van der Waals surface area contributed by atoms with Crippen LogP contribution in [0.1, 0.15) is 65.5 Å². The summed E-state index contributed by atoms with van der Waals surface area (Å²) in [5.74, 6) is -0.415. The molecule has 0 spiro atoms. The highest BCUT2D eigenvalue weighted by molar-refractivity contribution is 5.88. The van der Waals surface area contributed by atoms with E-state index in [1.807, 2.05) is 52.8 Å². The minimum Gasteiger partial charge on any atom is -0.454 e. The first kappa shape index (κ1) is 20.7. The molecular formula is C25H31NO4. The Morgan fingerprint density at radius 1 is 1.07 bits per heavy atom. The van der Waals surface area contributed by atoms with Gasteiger partial charge in [0.1, 0.15) is 6.10 Å². The zero-order chi connectivity index (χ0) is 21.7. The second-order valence-corrected chi connectivity index (χ2v) is 9.45. The predicted molar refractivity (Wildman–Crippen MR) is 116 cm³/mol. The number of fused-ring (bicyclic) bond motifs is 2. The van der Waals surface area contributed by atoms with E-state index in [1.165, 1.54) is 0 Å². The van der Waals surface area contributed by atoms with Gasteiger partial charge in [-0.1, -0.05) is 43.3 Å². The number of esters is 1. The van der Waals surface area contributed by atoms with Crippen molar-refractivity contribution >= 4 is 22.8 Å². The molecule has 2 aromatic carbocycles. The van der Waals surface area contributed by atoms with Gasteiger partial charge in [0.15, 0.2) is 0 Å². The highest BCUT2D eigenvalue weighted by Gasteiger charge is 2.71. The molecule has 3 atom stereocenters. The number of carbonyl (C=O) groups is 2. The summed E-state index contributed by atoms with van der Waals surface area (Å²) < 4.78 is 12.0. The molecule has 0 radical (unpaired) electrons. The Bertz CT molecular complexity index is 976. The maximum absolute atomic E-state index is 13.2. The van der Waals surface area contributed by atoms with Gasteiger partial charge in [-0.25, -0.2) is 9.59 Å². The van der Waals surface area contributed by atoms with Gasteiger partial charge in [0, 0.05) is 12.1 Å². The molecule has 1 heterocycles. The molecule has 0 aromatic heterocycles. The van der Waals surface area contributed by atoms with Gasteiger partial charge in [-0.3, -0.25) is 0 Å². The Labute approximate surface area is 178 Å². The van der Waals surface area contributed by atoms with E-state index in [-0.39, 0.29) is 12.1 Å². The summed E-state index contributed by atoms with van der Waals surface area (Å²) >= 11 is 0. The fraction of sp³-hybridized carbons (Fsp3) is 0.520. The van der Waals surface area contributed by atoms with Crippen LogP contribution in [-0.2, 0) is 14.3 Å².